The van der Waals surface area contributed by atoms with Crippen LogP contribution < -0.4 is 5.32 Å². The molecule has 5 heteroatoms. The lowest BCUT2D eigenvalue weighted by atomic mass is 9.67. The smallest absolute Gasteiger partial charge is 0.407 e. The van der Waals surface area contributed by atoms with Crippen LogP contribution in [0.5, 0.6) is 0 Å². The van der Waals surface area contributed by atoms with Gasteiger partial charge in [-0.3, -0.25) is 0 Å². The van der Waals surface area contributed by atoms with Crippen LogP contribution in [0.4, 0.5) is 4.79 Å². The Bertz CT molecular complexity index is 504. The highest BCUT2D eigenvalue weighted by atomic mass is 16.6. The molecule has 5 nitrogen and oxygen atoms in total. The zero-order valence-corrected chi connectivity index (χ0v) is 14.2. The molecule has 0 spiro atoms. The molecule has 0 saturated heterocycles. The van der Waals surface area contributed by atoms with E-state index >= 15 is 0 Å². The topological polar surface area (TPSA) is 67.8 Å². The summed E-state index contributed by atoms with van der Waals surface area (Å²) in [6.45, 7) is 6.49. The Labute approximate surface area is 138 Å². The van der Waals surface area contributed by atoms with Crippen molar-refractivity contribution in [2.24, 2.45) is 5.41 Å². The third-order valence-corrected chi connectivity index (χ3v) is 3.99. The van der Waals surface area contributed by atoms with Crippen LogP contribution >= 0.6 is 0 Å². The Morgan fingerprint density at radius 3 is 2.52 bits per heavy atom. The van der Waals surface area contributed by atoms with Crippen molar-refractivity contribution < 1.29 is 19.4 Å². The molecule has 0 aliphatic heterocycles. The van der Waals surface area contributed by atoms with Crippen LogP contribution in [-0.4, -0.2) is 36.1 Å². The average molecular weight is 321 g/mol. The molecule has 23 heavy (non-hydrogen) atoms. The molecule has 0 heterocycles. The van der Waals surface area contributed by atoms with E-state index in [4.69, 9.17) is 9.47 Å². The number of hydrogen-bond donors (Lipinski definition) is 2. The van der Waals surface area contributed by atoms with E-state index < -0.39 is 11.7 Å². The number of ether oxygens (including phenoxy) is 2. The summed E-state index contributed by atoms with van der Waals surface area (Å²) in [6.07, 6.45) is 1.17. The number of hydrogen-bond acceptors (Lipinski definition) is 4. The predicted molar refractivity (Wildman–Crippen MR) is 88.0 cm³/mol. The zero-order chi connectivity index (χ0) is 16.9. The van der Waals surface area contributed by atoms with Crippen molar-refractivity contribution >= 4 is 6.09 Å². The largest absolute Gasteiger partial charge is 0.444 e. The molecule has 0 unspecified atom stereocenters. The second kappa shape index (κ2) is 7.32. The molecule has 1 aromatic rings. The second-order valence-electron chi connectivity index (χ2n) is 7.34. The first kappa shape index (κ1) is 17.8. The molecule has 2 N–H and O–H groups in total. The second-order valence-corrected chi connectivity index (χ2v) is 7.34. The Kier molecular flexibility index (Phi) is 5.65. The predicted octanol–water partition coefficient (Wildman–Crippen LogP) is 2.87. The SMILES string of the molecule is CC(C)(C)OC(=O)NCC1(CO)CC(OCc2ccccc2)C1. The molecule has 1 fully saturated rings. The lowest BCUT2D eigenvalue weighted by Crippen LogP contribution is -2.52. The normalized spacial score (nSPS) is 23.9. The molecule has 0 radical (unpaired) electrons. The van der Waals surface area contributed by atoms with Gasteiger partial charge >= 0.3 is 6.09 Å². The minimum Gasteiger partial charge on any atom is -0.444 e. The molecular weight excluding hydrogens is 294 g/mol. The molecular formula is C18H27NO4. The number of nitrogens with one attached hydrogen (secondary N) is 1. The van der Waals surface area contributed by atoms with Crippen molar-refractivity contribution in [2.75, 3.05) is 13.2 Å². The molecule has 0 bridgehead atoms. The lowest BCUT2D eigenvalue weighted by molar-refractivity contribution is -0.106. The summed E-state index contributed by atoms with van der Waals surface area (Å²) < 4.78 is 11.1. The summed E-state index contributed by atoms with van der Waals surface area (Å²) in [7, 11) is 0. The summed E-state index contributed by atoms with van der Waals surface area (Å²) >= 11 is 0. The van der Waals surface area contributed by atoms with E-state index in [-0.39, 0.29) is 18.1 Å². The molecule has 1 saturated carbocycles. The van der Waals surface area contributed by atoms with E-state index in [0.717, 1.165) is 18.4 Å². The number of carbonyl (C=O) groups is 1. The number of aliphatic hydroxyl groups is 1. The summed E-state index contributed by atoms with van der Waals surface area (Å²) in [5, 5.41) is 12.4. The highest BCUT2D eigenvalue weighted by Crippen LogP contribution is 2.42. The fourth-order valence-corrected chi connectivity index (χ4v) is 2.72. The molecule has 128 valence electrons. The van der Waals surface area contributed by atoms with Crippen LogP contribution in [0.15, 0.2) is 30.3 Å². The molecule has 2 rings (SSSR count). The molecule has 1 aliphatic rings. The number of alkyl carbamates (subject to hydrolysis) is 1. The van der Waals surface area contributed by atoms with Gasteiger partial charge in [0, 0.05) is 12.0 Å². The van der Waals surface area contributed by atoms with Gasteiger partial charge in [-0.25, -0.2) is 4.79 Å². The Morgan fingerprint density at radius 1 is 1.30 bits per heavy atom. The van der Waals surface area contributed by atoms with E-state index in [0.29, 0.717) is 13.2 Å². The van der Waals surface area contributed by atoms with E-state index in [9.17, 15) is 9.90 Å². The highest BCUT2D eigenvalue weighted by molar-refractivity contribution is 5.67. The van der Waals surface area contributed by atoms with E-state index in [1.54, 1.807) is 0 Å². The van der Waals surface area contributed by atoms with Gasteiger partial charge in [0.1, 0.15) is 5.60 Å². The minimum absolute atomic E-state index is 0.0357. The molecule has 1 amide bonds. The summed E-state index contributed by atoms with van der Waals surface area (Å²) in [5.41, 5.74) is 0.330. The standard InChI is InChI=1S/C18H27NO4/c1-17(2,3)23-16(21)19-12-18(13-20)9-15(10-18)22-11-14-7-5-4-6-8-14/h4-8,15,20H,9-13H2,1-3H3,(H,19,21). The fourth-order valence-electron chi connectivity index (χ4n) is 2.72. The maximum absolute atomic E-state index is 11.7. The van der Waals surface area contributed by atoms with Gasteiger partial charge in [-0.15, -0.1) is 0 Å². The van der Waals surface area contributed by atoms with E-state index in [2.05, 4.69) is 5.32 Å². The molecule has 1 aliphatic carbocycles. The van der Waals surface area contributed by atoms with Gasteiger partial charge in [0.2, 0.25) is 0 Å². The van der Waals surface area contributed by atoms with Crippen LogP contribution in [-0.2, 0) is 16.1 Å². The van der Waals surface area contributed by atoms with Gasteiger partial charge < -0.3 is 19.9 Å². The van der Waals surface area contributed by atoms with E-state index in [1.807, 2.05) is 51.1 Å². The van der Waals surface area contributed by atoms with Crippen LogP contribution in [0.25, 0.3) is 0 Å². The van der Waals surface area contributed by atoms with Crippen molar-refractivity contribution in [1.82, 2.24) is 5.32 Å². The molecule has 1 aromatic carbocycles. The van der Waals surface area contributed by atoms with Crippen molar-refractivity contribution in [3.63, 3.8) is 0 Å². The number of rotatable bonds is 6. The molecule has 0 atom stereocenters. The molecule has 0 aromatic heterocycles. The maximum atomic E-state index is 11.7. The zero-order valence-electron chi connectivity index (χ0n) is 14.2. The number of carbonyl (C=O) groups excluding carboxylic acids is 1. The van der Waals surface area contributed by atoms with Crippen LogP contribution in [0.2, 0.25) is 0 Å². The lowest BCUT2D eigenvalue weighted by Gasteiger charge is -2.46. The van der Waals surface area contributed by atoms with Crippen molar-refractivity contribution in [3.05, 3.63) is 35.9 Å². The number of amides is 1. The van der Waals surface area contributed by atoms with Gasteiger partial charge in [-0.1, -0.05) is 30.3 Å². The van der Waals surface area contributed by atoms with Crippen LogP contribution in [0, 0.1) is 5.41 Å². The van der Waals surface area contributed by atoms with Crippen molar-refractivity contribution in [2.45, 2.75) is 51.9 Å². The van der Waals surface area contributed by atoms with E-state index in [1.165, 1.54) is 0 Å². The van der Waals surface area contributed by atoms with Gasteiger partial charge in [0.05, 0.1) is 19.3 Å². The van der Waals surface area contributed by atoms with Crippen molar-refractivity contribution in [3.8, 4) is 0 Å². The van der Waals surface area contributed by atoms with Gasteiger partial charge in [0.15, 0.2) is 0 Å². The summed E-state index contributed by atoms with van der Waals surface area (Å²) in [4.78, 5) is 11.7. The fraction of sp³-hybridized carbons (Fsp3) is 0.611. The van der Waals surface area contributed by atoms with Gasteiger partial charge in [-0.2, -0.15) is 0 Å². The quantitative estimate of drug-likeness (QED) is 0.845. The minimum atomic E-state index is -0.516. The third-order valence-electron chi connectivity index (χ3n) is 3.99. The Hall–Kier alpha value is -1.59. The maximum Gasteiger partial charge on any atom is 0.407 e. The van der Waals surface area contributed by atoms with Gasteiger partial charge in [-0.05, 0) is 39.2 Å². The number of benzene rings is 1. The number of aliphatic hydroxyl groups excluding tert-OH is 1. The van der Waals surface area contributed by atoms with Crippen molar-refractivity contribution in [1.29, 1.82) is 0 Å². The highest BCUT2D eigenvalue weighted by Gasteiger charge is 2.44. The first-order valence-corrected chi connectivity index (χ1v) is 8.05. The first-order valence-electron chi connectivity index (χ1n) is 8.05. The monoisotopic (exact) mass is 321 g/mol. The first-order chi connectivity index (χ1) is 10.8. The Balaban J connectivity index is 1.72. The van der Waals surface area contributed by atoms with Crippen LogP contribution in [0.3, 0.4) is 0 Å². The Morgan fingerprint density at radius 2 is 1.96 bits per heavy atom. The van der Waals surface area contributed by atoms with Gasteiger partial charge in [0.25, 0.3) is 0 Å². The average Bonchev–Trinajstić information content (AvgIpc) is 2.45. The summed E-state index contributed by atoms with van der Waals surface area (Å²) in [5.74, 6) is 0. The summed E-state index contributed by atoms with van der Waals surface area (Å²) in [6, 6.07) is 10.0. The third kappa shape index (κ3) is 5.52. The van der Waals surface area contributed by atoms with Crippen LogP contribution in [0.1, 0.15) is 39.2 Å².